The van der Waals surface area contributed by atoms with Gasteiger partial charge in [-0.05, 0) is 93.6 Å². The number of guanidine groups is 1. The third kappa shape index (κ3) is 25.8. The summed E-state index contributed by atoms with van der Waals surface area (Å²) in [5.74, 6) is -1.77. The Morgan fingerprint density at radius 3 is 1.85 bits per heavy atom. The monoisotopic (exact) mass is 1160 g/mol. The molecule has 19 nitrogen and oxygen atoms in total. The second-order valence-corrected chi connectivity index (χ2v) is 22.7. The summed E-state index contributed by atoms with van der Waals surface area (Å²) >= 11 is 6.78. The summed E-state index contributed by atoms with van der Waals surface area (Å²) in [7, 11) is -5.14. The molecule has 398 valence electrons. The van der Waals surface area contributed by atoms with Gasteiger partial charge in [0, 0.05) is 75.5 Å². The fourth-order valence-corrected chi connectivity index (χ4v) is 11.3. The molecule has 0 spiro atoms. The SMILES string of the molecule is C=C(/C=C(\N=CC)C(=O)Nc1cc(Br)ccc1S(=O)(CCN)=C1CCC1)C(=O)Nc1cc(Br)cc(NC(=O)CCCCCCC)c1S(=O)(=O)CCN.CC(=N)N.CCC.CNC(=O)CCCCN=C(N)N. The molecule has 4 amide bonds. The van der Waals surface area contributed by atoms with Crippen molar-refractivity contribution in [3.8, 4) is 0 Å². The molecule has 0 aromatic heterocycles. The molecule has 0 heterocycles. The van der Waals surface area contributed by atoms with Crippen LogP contribution in [-0.2, 0) is 38.5 Å². The number of aliphatic imine (C=N–C) groups is 2. The smallest absolute Gasteiger partial charge is 0.274 e. The van der Waals surface area contributed by atoms with E-state index in [1.165, 1.54) is 31.7 Å². The zero-order valence-corrected chi connectivity index (χ0v) is 47.0. The number of sulfone groups is 1. The Labute approximate surface area is 438 Å². The number of nitrogens with zero attached hydrogens (tertiary/aromatic N) is 2. The van der Waals surface area contributed by atoms with Gasteiger partial charge in [0.2, 0.25) is 11.8 Å². The van der Waals surface area contributed by atoms with Gasteiger partial charge in [-0.25, -0.2) is 8.42 Å². The van der Waals surface area contributed by atoms with E-state index in [2.05, 4.69) is 90.5 Å². The maximum atomic E-state index is 14.3. The highest BCUT2D eigenvalue weighted by molar-refractivity contribution is 9.10. The lowest BCUT2D eigenvalue weighted by molar-refractivity contribution is -0.120. The van der Waals surface area contributed by atoms with E-state index in [4.69, 9.17) is 34.1 Å². The topological polar surface area (TPSA) is 346 Å². The molecule has 3 rings (SSSR count). The summed E-state index contributed by atoms with van der Waals surface area (Å²) in [5.41, 5.74) is 26.2. The fraction of sp³-hybridized carbons (Fsp3) is 0.500. The lowest BCUT2D eigenvalue weighted by atomic mass is 10.0. The van der Waals surface area contributed by atoms with Crippen LogP contribution < -0.4 is 49.9 Å². The van der Waals surface area contributed by atoms with Crippen LogP contribution >= 0.6 is 31.9 Å². The Hall–Kier alpha value is -4.94. The van der Waals surface area contributed by atoms with Crippen molar-refractivity contribution in [3.63, 3.8) is 0 Å². The quantitative estimate of drug-likeness (QED) is 0.0129. The molecule has 1 aliphatic carbocycles. The number of hydrogen-bond donors (Lipinski definition) is 10. The zero-order chi connectivity index (χ0) is 54.2. The zero-order valence-electron chi connectivity index (χ0n) is 42.2. The van der Waals surface area contributed by atoms with Crippen molar-refractivity contribution >= 4 is 115 Å². The standard InChI is InChI=1S/C36H48Br2N6O6S2.C7H16N4O.C3H8.C2H6N2/c1-4-6-7-8-9-13-33(45)42-29-22-26(38)23-30(34(29)52(49,50)19-17-40)44-35(46)24(3)20-31(41-5-2)36(47)43-28-21-25(37)14-15-32(28)51(48,18-16-39)27-11-10-12-27;1-10-6(12)4-2-3-5-11-7(8)9;1-3-2;1-2(3)4/h5,14-15,20-23H,3-4,6-13,16-19,39-40H2,1-2H3,(H,42,45)(H,43,47)(H,44,46);2-5H2,1H3,(H,10,12)(H4,8,9,11);3H2,1-2H3;1H3,(H3,3,4)/b31-20-,41-5?;;;. The Kier molecular flexibility index (Phi) is 33.5. The van der Waals surface area contributed by atoms with Crippen LogP contribution in [0.4, 0.5) is 17.1 Å². The number of anilines is 3. The fourth-order valence-electron chi connectivity index (χ4n) is 6.24. The molecule has 0 aliphatic heterocycles. The molecule has 0 radical (unpaired) electrons. The summed E-state index contributed by atoms with van der Waals surface area (Å²) in [6, 6.07) is 7.96. The van der Waals surface area contributed by atoms with Crippen LogP contribution in [0.2, 0.25) is 0 Å². The first-order chi connectivity index (χ1) is 33.5. The largest absolute Gasteiger partial charge is 0.388 e. The van der Waals surface area contributed by atoms with Crippen molar-refractivity contribution in [2.45, 2.75) is 128 Å². The molecule has 0 bridgehead atoms. The van der Waals surface area contributed by atoms with Gasteiger partial charge in [0.05, 0.1) is 33.5 Å². The van der Waals surface area contributed by atoms with Crippen molar-refractivity contribution < 1.29 is 31.8 Å². The van der Waals surface area contributed by atoms with Gasteiger partial charge in [-0.1, -0.05) is 91.3 Å². The molecule has 1 saturated carbocycles. The third-order valence-corrected chi connectivity index (χ3v) is 15.6. The molecule has 1 aliphatic rings. The number of carbonyl (C=O) groups excluding carboxylic acids is 4. The molecule has 2 aromatic rings. The van der Waals surface area contributed by atoms with Gasteiger partial charge in [0.1, 0.15) is 10.6 Å². The molecule has 1 unspecified atom stereocenters. The third-order valence-electron chi connectivity index (χ3n) is 9.60. The van der Waals surface area contributed by atoms with Gasteiger partial charge in [0.15, 0.2) is 15.8 Å². The number of amides is 4. The van der Waals surface area contributed by atoms with Gasteiger partial charge in [-0.3, -0.25) is 38.8 Å². The van der Waals surface area contributed by atoms with Gasteiger partial charge in [0.25, 0.3) is 11.8 Å². The van der Waals surface area contributed by atoms with Gasteiger partial charge in [-0.2, -0.15) is 0 Å². The van der Waals surface area contributed by atoms with E-state index in [1.807, 2.05) is 0 Å². The average molecular weight is 1160 g/mol. The molecule has 23 heteroatoms. The summed E-state index contributed by atoms with van der Waals surface area (Å²) in [6.07, 6.45) is 13.2. The summed E-state index contributed by atoms with van der Waals surface area (Å²) < 4.78 is 42.2. The van der Waals surface area contributed by atoms with E-state index in [1.54, 1.807) is 32.2 Å². The Morgan fingerprint density at radius 1 is 0.789 bits per heavy atom. The molecule has 71 heavy (non-hydrogen) atoms. The number of nitrogens with one attached hydrogen (secondary N) is 5. The molecule has 1 fully saturated rings. The Balaban J connectivity index is 0.00000217. The highest BCUT2D eigenvalue weighted by Crippen LogP contribution is 2.36. The highest BCUT2D eigenvalue weighted by Gasteiger charge is 2.28. The number of hydrogen-bond acceptors (Lipinski definition) is 12. The number of rotatable bonds is 24. The van der Waals surface area contributed by atoms with Crippen molar-refractivity contribution in [2.24, 2.45) is 38.7 Å². The number of nitrogens with two attached hydrogens (primary N) is 5. The molecule has 0 saturated heterocycles. The predicted octanol–water partition coefficient (Wildman–Crippen LogP) is 6.84. The van der Waals surface area contributed by atoms with E-state index < -0.39 is 36.9 Å². The number of benzene rings is 2. The predicted molar refractivity (Wildman–Crippen MR) is 301 cm³/mol. The molecule has 1 atom stereocenters. The van der Waals surface area contributed by atoms with Crippen LogP contribution in [0, 0.1) is 5.41 Å². The number of carbonyl (C=O) groups is 4. The van der Waals surface area contributed by atoms with Crippen LogP contribution in [0.5, 0.6) is 0 Å². The van der Waals surface area contributed by atoms with Crippen LogP contribution in [-0.4, -0.2) is 97.3 Å². The summed E-state index contributed by atoms with van der Waals surface area (Å²) in [6.45, 7) is 13.9. The second-order valence-electron chi connectivity index (χ2n) is 16.0. The minimum Gasteiger partial charge on any atom is -0.388 e. The second kappa shape index (κ2) is 36.0. The molecular formula is C48H78Br2N12O7S2. The van der Waals surface area contributed by atoms with Crippen LogP contribution in [0.15, 0.2) is 83.0 Å². The van der Waals surface area contributed by atoms with Gasteiger partial charge < -0.3 is 49.9 Å². The Morgan fingerprint density at radius 2 is 1.32 bits per heavy atom. The van der Waals surface area contributed by atoms with E-state index in [9.17, 15) is 31.8 Å². The summed E-state index contributed by atoms with van der Waals surface area (Å²) in [4.78, 5) is 59.8. The minimum atomic E-state index is -4.09. The van der Waals surface area contributed by atoms with Crippen LogP contribution in [0.3, 0.4) is 0 Å². The van der Waals surface area contributed by atoms with E-state index >= 15 is 0 Å². The van der Waals surface area contributed by atoms with E-state index in [-0.39, 0.29) is 76.4 Å². The first-order valence-corrected chi connectivity index (χ1v) is 28.5. The normalized spacial score (nSPS) is 12.7. The first-order valence-electron chi connectivity index (χ1n) is 23.5. The average Bonchev–Trinajstić information content (AvgIpc) is 3.25. The highest BCUT2D eigenvalue weighted by atomic mass is 79.9. The number of amidine groups is 1. The van der Waals surface area contributed by atoms with Crippen LogP contribution in [0.1, 0.15) is 118 Å². The lowest BCUT2D eigenvalue weighted by Gasteiger charge is -2.25. The van der Waals surface area contributed by atoms with Crippen molar-refractivity contribution in [3.05, 3.63) is 63.2 Å². The van der Waals surface area contributed by atoms with Crippen LogP contribution in [0.25, 0.3) is 0 Å². The van der Waals surface area contributed by atoms with Gasteiger partial charge in [-0.15, -0.1) is 0 Å². The van der Waals surface area contributed by atoms with Crippen molar-refractivity contribution in [2.75, 3.05) is 54.1 Å². The van der Waals surface area contributed by atoms with Crippen molar-refractivity contribution in [1.82, 2.24) is 5.32 Å². The van der Waals surface area contributed by atoms with Crippen molar-refractivity contribution in [1.29, 1.82) is 5.41 Å². The molecule has 2 aromatic carbocycles. The lowest BCUT2D eigenvalue weighted by Crippen LogP contribution is -2.28. The minimum absolute atomic E-state index is 0.00964. The van der Waals surface area contributed by atoms with Gasteiger partial charge >= 0.3 is 0 Å². The van der Waals surface area contributed by atoms with E-state index in [0.29, 0.717) is 38.9 Å². The maximum absolute atomic E-state index is 14.3. The summed E-state index contributed by atoms with van der Waals surface area (Å²) in [5, 5.41) is 16.9. The first kappa shape index (κ1) is 66.1. The van der Waals surface area contributed by atoms with E-state index in [0.717, 1.165) is 68.7 Å². The Bertz CT molecular complexity index is 2420. The number of halogens is 2. The molecular weight excluding hydrogens is 1080 g/mol. The maximum Gasteiger partial charge on any atom is 0.274 e. The number of unbranched alkanes of at least 4 members (excludes halogenated alkanes) is 5. The molecule has 15 N–H and O–H groups in total.